The Morgan fingerprint density at radius 3 is 2.21 bits per heavy atom. The van der Waals surface area contributed by atoms with Gasteiger partial charge in [-0.3, -0.25) is 9.59 Å². The molecule has 1 aliphatic heterocycles. The molecule has 1 atom stereocenters. The number of nitrogens with zero attached hydrogens (tertiary/aromatic N) is 1. The average Bonchev–Trinajstić information content (AvgIpc) is 2.95. The molecule has 0 spiro atoms. The number of ether oxygens (including phenoxy) is 2. The Morgan fingerprint density at radius 2 is 1.63 bits per heavy atom. The van der Waals surface area contributed by atoms with Gasteiger partial charge >= 0.3 is 0 Å². The number of carbonyl (C=O) groups excluding carboxylic acids is 2. The number of benzene rings is 3. The molecule has 1 saturated heterocycles. The van der Waals surface area contributed by atoms with Gasteiger partial charge in [0.2, 0.25) is 5.91 Å². The predicted octanol–water partition coefficient (Wildman–Crippen LogP) is 5.24. The van der Waals surface area contributed by atoms with Gasteiger partial charge in [-0.25, -0.2) is 0 Å². The number of piperidine rings is 1. The molecule has 1 aliphatic rings. The third kappa shape index (κ3) is 6.25. The van der Waals surface area contributed by atoms with E-state index in [9.17, 15) is 9.59 Å². The van der Waals surface area contributed by atoms with Crippen LogP contribution in [0.2, 0.25) is 0 Å². The van der Waals surface area contributed by atoms with Crippen LogP contribution in [0.25, 0.3) is 0 Å². The van der Waals surface area contributed by atoms with E-state index >= 15 is 0 Å². The Morgan fingerprint density at radius 1 is 0.974 bits per heavy atom. The second-order valence-electron chi connectivity index (χ2n) is 10.1. The highest BCUT2D eigenvalue weighted by Crippen LogP contribution is 2.40. The molecule has 3 aromatic carbocycles. The smallest absolute Gasteiger partial charge is 0.232 e. The number of ketones is 1. The minimum Gasteiger partial charge on any atom is -0.493 e. The van der Waals surface area contributed by atoms with E-state index in [4.69, 9.17) is 15.2 Å². The van der Waals surface area contributed by atoms with E-state index in [-0.39, 0.29) is 11.7 Å². The Bertz CT molecular complexity index is 1170. The number of amides is 1. The van der Waals surface area contributed by atoms with Crippen LogP contribution >= 0.6 is 0 Å². The first kappa shape index (κ1) is 27.4. The first-order chi connectivity index (χ1) is 18.4. The van der Waals surface area contributed by atoms with Crippen molar-refractivity contribution in [3.05, 3.63) is 95.6 Å². The van der Waals surface area contributed by atoms with Gasteiger partial charge < -0.3 is 20.1 Å². The lowest BCUT2D eigenvalue weighted by Crippen LogP contribution is -2.46. The molecule has 4 rings (SSSR count). The summed E-state index contributed by atoms with van der Waals surface area (Å²) < 4.78 is 11.4. The van der Waals surface area contributed by atoms with Gasteiger partial charge in [0.1, 0.15) is 0 Å². The van der Waals surface area contributed by atoms with Crippen LogP contribution in [-0.4, -0.2) is 49.9 Å². The number of hydrogen-bond acceptors (Lipinski definition) is 5. The summed E-state index contributed by atoms with van der Waals surface area (Å²) in [7, 11) is 1.58. The number of likely N-dealkylation sites (tertiary alicyclic amines) is 1. The molecule has 2 N–H and O–H groups in total. The molecular weight excluding hydrogens is 476 g/mol. The summed E-state index contributed by atoms with van der Waals surface area (Å²) in [5.41, 5.74) is 7.84. The van der Waals surface area contributed by atoms with Gasteiger partial charge in [0.15, 0.2) is 17.3 Å². The Labute approximate surface area is 225 Å². The van der Waals surface area contributed by atoms with Crippen molar-refractivity contribution in [1.29, 1.82) is 0 Å². The number of Topliss-reactive ketones (excluding diaryl/α,β-unsaturated/α-hetero) is 1. The number of carbonyl (C=O) groups is 2. The Kier molecular flexibility index (Phi) is 9.19. The van der Waals surface area contributed by atoms with E-state index in [0.29, 0.717) is 36.0 Å². The van der Waals surface area contributed by atoms with Gasteiger partial charge in [0.05, 0.1) is 19.1 Å². The number of nitrogens with two attached hydrogens (primary N) is 1. The lowest BCUT2D eigenvalue weighted by molar-refractivity contribution is -0.123. The molecular formula is C32H38N2O4. The van der Waals surface area contributed by atoms with E-state index in [2.05, 4.69) is 4.90 Å². The fraction of sp³-hybridized carbons (Fsp3) is 0.375. The first-order valence-corrected chi connectivity index (χ1v) is 13.4. The zero-order valence-corrected chi connectivity index (χ0v) is 22.4. The van der Waals surface area contributed by atoms with Crippen molar-refractivity contribution in [3.8, 4) is 11.5 Å². The summed E-state index contributed by atoms with van der Waals surface area (Å²) in [6.07, 6.45) is 3.71. The van der Waals surface area contributed by atoms with Crippen LogP contribution < -0.4 is 15.2 Å². The molecule has 6 nitrogen and oxygen atoms in total. The fourth-order valence-corrected chi connectivity index (χ4v) is 5.66. The first-order valence-electron chi connectivity index (χ1n) is 13.4. The molecule has 200 valence electrons. The molecule has 1 heterocycles. The standard InChI is InChI=1S/C32H38N2O4/c1-24(35)26-16-17-29(30(21-26)37-2)38-20-10-19-34-18-9-11-25(23-34)22-32(31(33)36,27-12-5-3-6-13-27)28-14-7-4-8-15-28/h3-8,12-17,21,25H,9-11,18-20,22-23H2,1-2H3,(H2,33,36). The van der Waals surface area contributed by atoms with Crippen molar-refractivity contribution in [2.24, 2.45) is 11.7 Å². The molecule has 0 saturated carbocycles. The fourth-order valence-electron chi connectivity index (χ4n) is 5.66. The van der Waals surface area contributed by atoms with Crippen molar-refractivity contribution >= 4 is 11.7 Å². The molecule has 0 aliphatic carbocycles. The lowest BCUT2D eigenvalue weighted by Gasteiger charge is -2.39. The minimum absolute atomic E-state index is 0.00520. The van der Waals surface area contributed by atoms with Crippen molar-refractivity contribution in [1.82, 2.24) is 4.90 Å². The zero-order chi connectivity index (χ0) is 27.0. The van der Waals surface area contributed by atoms with Crippen LogP contribution in [-0.2, 0) is 10.2 Å². The Hall–Kier alpha value is -3.64. The van der Waals surface area contributed by atoms with E-state index < -0.39 is 5.41 Å². The maximum Gasteiger partial charge on any atom is 0.232 e. The monoisotopic (exact) mass is 514 g/mol. The van der Waals surface area contributed by atoms with E-state index in [1.54, 1.807) is 25.3 Å². The van der Waals surface area contributed by atoms with Gasteiger partial charge in [-0.1, -0.05) is 60.7 Å². The summed E-state index contributed by atoms with van der Waals surface area (Å²) in [6.45, 7) is 4.95. The molecule has 38 heavy (non-hydrogen) atoms. The minimum atomic E-state index is -0.859. The second kappa shape index (κ2) is 12.7. The van der Waals surface area contributed by atoms with Crippen molar-refractivity contribution in [2.45, 2.75) is 38.0 Å². The maximum atomic E-state index is 13.2. The van der Waals surface area contributed by atoms with Crippen molar-refractivity contribution in [2.75, 3.05) is 33.4 Å². The van der Waals surface area contributed by atoms with E-state index in [0.717, 1.165) is 50.0 Å². The third-order valence-corrected chi connectivity index (χ3v) is 7.60. The van der Waals surface area contributed by atoms with Gasteiger partial charge in [0, 0.05) is 18.7 Å². The summed E-state index contributed by atoms with van der Waals surface area (Å²) >= 11 is 0. The largest absolute Gasteiger partial charge is 0.493 e. The van der Waals surface area contributed by atoms with Crippen molar-refractivity contribution in [3.63, 3.8) is 0 Å². The average molecular weight is 515 g/mol. The topological polar surface area (TPSA) is 81.9 Å². The second-order valence-corrected chi connectivity index (χ2v) is 10.1. The predicted molar refractivity (Wildman–Crippen MR) is 150 cm³/mol. The molecule has 0 radical (unpaired) electrons. The van der Waals surface area contributed by atoms with Gasteiger partial charge in [0.25, 0.3) is 0 Å². The van der Waals surface area contributed by atoms with Crippen LogP contribution in [0.15, 0.2) is 78.9 Å². The molecule has 1 amide bonds. The number of primary amides is 1. The molecule has 3 aromatic rings. The summed E-state index contributed by atoms with van der Waals surface area (Å²) in [5, 5.41) is 0. The maximum absolute atomic E-state index is 13.2. The highest BCUT2D eigenvalue weighted by molar-refractivity contribution is 5.94. The summed E-state index contributed by atoms with van der Waals surface area (Å²) in [6, 6.07) is 25.2. The third-order valence-electron chi connectivity index (χ3n) is 7.60. The number of hydrogen-bond donors (Lipinski definition) is 1. The summed E-state index contributed by atoms with van der Waals surface area (Å²) in [5.74, 6) is 1.25. The van der Waals surface area contributed by atoms with Crippen molar-refractivity contribution < 1.29 is 19.1 Å². The highest BCUT2D eigenvalue weighted by Gasteiger charge is 2.42. The zero-order valence-electron chi connectivity index (χ0n) is 22.4. The summed E-state index contributed by atoms with van der Waals surface area (Å²) in [4.78, 5) is 27.3. The lowest BCUT2D eigenvalue weighted by atomic mass is 9.67. The van der Waals surface area contributed by atoms with E-state index in [1.165, 1.54) is 6.92 Å². The quantitative estimate of drug-likeness (QED) is 0.264. The van der Waals surface area contributed by atoms with Gasteiger partial charge in [-0.05, 0) is 74.4 Å². The Balaban J connectivity index is 1.40. The van der Waals surface area contributed by atoms with Gasteiger partial charge in [-0.15, -0.1) is 0 Å². The van der Waals surface area contributed by atoms with E-state index in [1.807, 2.05) is 60.7 Å². The molecule has 1 unspecified atom stereocenters. The molecule has 0 bridgehead atoms. The van der Waals surface area contributed by atoms with Crippen LogP contribution in [0.1, 0.15) is 54.1 Å². The molecule has 1 fully saturated rings. The van der Waals surface area contributed by atoms with Crippen LogP contribution in [0.3, 0.4) is 0 Å². The van der Waals surface area contributed by atoms with Crippen LogP contribution in [0.4, 0.5) is 0 Å². The van der Waals surface area contributed by atoms with Crippen LogP contribution in [0, 0.1) is 5.92 Å². The van der Waals surface area contributed by atoms with Gasteiger partial charge in [-0.2, -0.15) is 0 Å². The van der Waals surface area contributed by atoms with Crippen LogP contribution in [0.5, 0.6) is 11.5 Å². The highest BCUT2D eigenvalue weighted by atomic mass is 16.5. The molecule has 6 heteroatoms. The molecule has 0 aromatic heterocycles. The SMILES string of the molecule is COc1cc(C(C)=O)ccc1OCCCN1CCCC(CC(C(N)=O)(c2ccccc2)c2ccccc2)C1. The number of methoxy groups -OCH3 is 1. The number of rotatable bonds is 12. The normalized spacial score (nSPS) is 16.1.